The molecule has 12 aromatic rings. The van der Waals surface area contributed by atoms with Crippen LogP contribution < -0.4 is 59.4 Å². The minimum Gasteiger partial charge on any atom is -0.491 e. The van der Waals surface area contributed by atoms with E-state index in [4.69, 9.17) is 16.3 Å². The van der Waals surface area contributed by atoms with E-state index < -0.39 is 40.2 Å². The number of anilines is 1. The van der Waals surface area contributed by atoms with Crippen molar-refractivity contribution in [3.63, 3.8) is 0 Å². The van der Waals surface area contributed by atoms with E-state index in [1.54, 1.807) is 12.1 Å². The summed E-state index contributed by atoms with van der Waals surface area (Å²) in [6.07, 6.45) is 17.3. The predicted octanol–water partition coefficient (Wildman–Crippen LogP) is 18.5. The van der Waals surface area contributed by atoms with Crippen LogP contribution in [0.25, 0.3) is 22.3 Å². The molecule has 124 heavy (non-hydrogen) atoms. The molecule has 4 aliphatic rings. The number of aryl methyl sites for hydroxylation is 1. The number of halogens is 5. The molecule has 0 radical (unpaired) electrons. The van der Waals surface area contributed by atoms with Crippen LogP contribution in [0.1, 0.15) is 217 Å². The zero-order valence-electron chi connectivity index (χ0n) is 69.9. The highest BCUT2D eigenvalue weighted by atomic mass is 35.5. The van der Waals surface area contributed by atoms with Crippen molar-refractivity contribution >= 4 is 39.7 Å². The maximum Gasteiger partial charge on any atom is 0.394 e. The maximum absolute atomic E-state index is 14.7. The lowest BCUT2D eigenvalue weighted by Gasteiger charge is -2.24. The third-order valence-electron chi connectivity index (χ3n) is 22.8. The summed E-state index contributed by atoms with van der Waals surface area (Å²) >= 11 is 6.29. The normalized spacial score (nSPS) is 16.3. The van der Waals surface area contributed by atoms with E-state index in [1.807, 2.05) is 198 Å². The van der Waals surface area contributed by atoms with Gasteiger partial charge in [0.25, 0.3) is 22.2 Å². The summed E-state index contributed by atoms with van der Waals surface area (Å²) in [6.45, 7) is 6.39. The van der Waals surface area contributed by atoms with Crippen LogP contribution in [0, 0.1) is 18.6 Å². The molecule has 25 heteroatoms. The minimum absolute atomic E-state index is 0.000860. The molecule has 16 rings (SSSR count). The first kappa shape index (κ1) is 88.6. The summed E-state index contributed by atoms with van der Waals surface area (Å²) < 4.78 is 65.3. The molecule has 0 spiro atoms. The van der Waals surface area contributed by atoms with E-state index in [0.717, 1.165) is 123 Å². The van der Waals surface area contributed by atoms with Crippen LogP contribution >= 0.6 is 11.6 Å². The topological polar surface area (TPSA) is 297 Å². The molecular formula is C99H99ClF4N10O10. The molecule has 640 valence electrons. The van der Waals surface area contributed by atoms with Gasteiger partial charge in [0.15, 0.2) is 0 Å². The van der Waals surface area contributed by atoms with Crippen LogP contribution in [0.5, 0.6) is 11.5 Å². The first-order valence-electron chi connectivity index (χ1n) is 41.7. The number of aromatic nitrogens is 9. The summed E-state index contributed by atoms with van der Waals surface area (Å²) in [6, 6.07) is 57.9. The fourth-order valence-electron chi connectivity index (χ4n) is 16.6. The second kappa shape index (κ2) is 40.6. The van der Waals surface area contributed by atoms with Crippen molar-refractivity contribution in [2.75, 3.05) is 19.0 Å². The fraction of sp³-hybridized carbons (Fsp3) is 0.283. The summed E-state index contributed by atoms with van der Waals surface area (Å²) in [4.78, 5) is 126. The molecule has 4 atom stereocenters. The van der Waals surface area contributed by atoms with Gasteiger partial charge in [0.2, 0.25) is 0 Å². The van der Waals surface area contributed by atoms with E-state index in [1.165, 1.54) is 29.3 Å². The summed E-state index contributed by atoms with van der Waals surface area (Å²) in [7, 11) is 3.95. The van der Waals surface area contributed by atoms with Crippen LogP contribution in [-0.2, 0) is 25.7 Å². The van der Waals surface area contributed by atoms with Gasteiger partial charge in [0.1, 0.15) is 29.0 Å². The lowest BCUT2D eigenvalue weighted by molar-refractivity contribution is -0.159. The minimum atomic E-state index is -3.40. The Balaban J connectivity index is 0.000000142. The molecule has 4 aliphatic carbocycles. The van der Waals surface area contributed by atoms with Crippen LogP contribution in [0.2, 0.25) is 5.02 Å². The molecule has 0 amide bonds. The van der Waals surface area contributed by atoms with Gasteiger partial charge >= 0.3 is 28.9 Å². The Bertz CT molecular complexity index is 6430. The highest BCUT2D eigenvalue weighted by molar-refractivity contribution is 6.31. The number of rotatable bonds is 21. The second-order valence-corrected chi connectivity index (χ2v) is 32.7. The number of hydrogen-bond acceptors (Lipinski definition) is 12. The van der Waals surface area contributed by atoms with Crippen molar-refractivity contribution in [2.24, 2.45) is 0 Å². The highest BCUT2D eigenvalue weighted by Crippen LogP contribution is 2.42. The molecule has 5 heterocycles. The van der Waals surface area contributed by atoms with E-state index in [9.17, 15) is 55.9 Å². The lowest BCUT2D eigenvalue weighted by atomic mass is 9.82. The maximum atomic E-state index is 14.7. The van der Waals surface area contributed by atoms with Gasteiger partial charge < -0.3 is 34.3 Å². The van der Waals surface area contributed by atoms with Crippen molar-refractivity contribution < 1.29 is 27.0 Å². The van der Waals surface area contributed by atoms with Crippen LogP contribution in [0.15, 0.2) is 257 Å². The molecule has 7 aromatic carbocycles. The Morgan fingerprint density at radius 1 is 0.427 bits per heavy atom. The van der Waals surface area contributed by atoms with Crippen molar-refractivity contribution in [1.82, 2.24) is 44.9 Å². The Kier molecular flexibility index (Phi) is 29.0. The smallest absolute Gasteiger partial charge is 0.394 e. The SMILES string of the molecule is CC(C)Oc1ccc(C2=CCC(c3[nH]c(=O)[nH]c(=O)c3Cc3ccccc3)CC2)c(F)c1.CC(F)(F)Oc1ccc(C2=CCC(c3[nH]c(=O)[nH]c(=O)c3Cc3ccccc3)CC2)c(F)c1.CN(C)c1ccc(C2=CCC(c3[nH]c(=O)[nH]c(=O)c3Cc3ccccc3)CC2)cn1.Cc1ccc(C2=CCC(c3[nH]c(=O)[nH]c(=O)c3Cc3ccccc3)CC2)cc1Cl. The highest BCUT2D eigenvalue weighted by Gasteiger charge is 2.30. The number of hydrogen-bond donors (Lipinski definition) is 8. The zero-order valence-corrected chi connectivity index (χ0v) is 70.6. The van der Waals surface area contributed by atoms with E-state index >= 15 is 0 Å². The van der Waals surface area contributed by atoms with Crippen molar-refractivity contribution in [3.8, 4) is 11.5 Å². The lowest BCUT2D eigenvalue weighted by Crippen LogP contribution is -2.30. The van der Waals surface area contributed by atoms with Gasteiger partial charge in [0, 0.05) is 150 Å². The predicted molar refractivity (Wildman–Crippen MR) is 481 cm³/mol. The molecule has 5 aromatic heterocycles. The molecule has 4 unspecified atom stereocenters. The van der Waals surface area contributed by atoms with Gasteiger partial charge in [-0.15, -0.1) is 0 Å². The van der Waals surface area contributed by atoms with Crippen LogP contribution in [0.3, 0.4) is 0 Å². The number of pyridine rings is 1. The Hall–Kier alpha value is -13.2. The van der Waals surface area contributed by atoms with Crippen molar-refractivity contribution in [3.05, 3.63) is 414 Å². The number of ether oxygens (including phenoxy) is 2. The molecule has 0 bridgehead atoms. The van der Waals surface area contributed by atoms with E-state index in [2.05, 4.69) is 73.9 Å². The third-order valence-corrected chi connectivity index (χ3v) is 23.2. The summed E-state index contributed by atoms with van der Waals surface area (Å²) in [5.74, 6) is 0.389. The van der Waals surface area contributed by atoms with Crippen LogP contribution in [0.4, 0.5) is 23.4 Å². The van der Waals surface area contributed by atoms with E-state index in [-0.39, 0.29) is 58.0 Å². The van der Waals surface area contributed by atoms with Gasteiger partial charge in [-0.25, -0.2) is 32.9 Å². The van der Waals surface area contributed by atoms with Crippen LogP contribution in [-0.4, -0.2) is 71.2 Å². The second-order valence-electron chi connectivity index (χ2n) is 32.3. The van der Waals surface area contributed by atoms with Gasteiger partial charge in [0.05, 0.1) is 6.10 Å². The first-order valence-corrected chi connectivity index (χ1v) is 42.1. The number of nitrogens with zero attached hydrogens (tertiary/aromatic N) is 2. The molecule has 0 saturated heterocycles. The number of H-pyrrole nitrogens is 8. The first-order chi connectivity index (χ1) is 59.6. The summed E-state index contributed by atoms with van der Waals surface area (Å²) in [5, 5.41) is 0.773. The molecular weight excluding hydrogens is 1600 g/mol. The van der Waals surface area contributed by atoms with Gasteiger partial charge in [-0.1, -0.05) is 169 Å². The number of allylic oxidation sites excluding steroid dienone is 8. The Morgan fingerprint density at radius 2 is 0.758 bits per heavy atom. The number of alkyl halides is 2. The molecule has 0 fully saturated rings. The average molecular weight is 1700 g/mol. The van der Waals surface area contributed by atoms with Crippen molar-refractivity contribution in [1.29, 1.82) is 0 Å². The molecule has 20 nitrogen and oxygen atoms in total. The van der Waals surface area contributed by atoms with E-state index in [0.29, 0.717) is 115 Å². The molecule has 8 N–H and O–H groups in total. The van der Waals surface area contributed by atoms with Crippen molar-refractivity contribution in [2.45, 2.75) is 166 Å². The summed E-state index contributed by atoms with van der Waals surface area (Å²) in [5.41, 5.74) is 14.4. The molecule has 0 saturated carbocycles. The Morgan fingerprint density at radius 3 is 1.06 bits per heavy atom. The zero-order chi connectivity index (χ0) is 87.7. The number of benzene rings is 7. The van der Waals surface area contributed by atoms with Gasteiger partial charge in [-0.2, -0.15) is 8.78 Å². The number of aromatic amines is 8. The quantitative estimate of drug-likeness (QED) is 0.0312. The Labute approximate surface area is 718 Å². The standard InChI is InChI=1S/C26H27FN2O3.C25H23F3N2O3.C24H23ClN2O2.C24H26N4O2/c1-16(2)32-20-12-13-21(23(27)15-20)18-8-10-19(11-9-18)24-22(25(30)29-26(31)28-24)14-17-6-4-3-5-7-17;1-25(27,28)33-18-11-12-19(21(26)14-18)16-7-9-17(10-8-16)22-20(23(31)30-24(32)29-22)13-15-5-3-2-4-6-15;1-15-7-8-19(14-21(15)25)17-9-11-18(12-10-17)22-20(23(28)27-24(29)26-22)13-16-5-3-2-4-6-16;1-28(2)21-13-12-19(15-25-21)17-8-10-18(11-9-17)22-20(23(29)27-24(30)26-22)14-16-6-4-3-5-7-16/h3-8,12-13,15-16,19H,9-11,14H2,1-2H3,(H2,28,29,30,31);2-7,11-12,14,17H,8-10,13H2,1H3,(H2,29,30,31,32);2-9,14,18H,10-13H2,1H3,(H2,26,27,28,29);3-8,12-13,15,18H,9-11,14H2,1-2H3,(H2,26,27,29,30). The molecule has 0 aliphatic heterocycles. The monoisotopic (exact) mass is 1700 g/mol. The largest absolute Gasteiger partial charge is 0.491 e. The number of nitrogens with one attached hydrogen (secondary N) is 8. The van der Waals surface area contributed by atoms with Gasteiger partial charge in [-0.05, 0) is 202 Å². The van der Waals surface area contributed by atoms with Gasteiger partial charge in [-0.3, -0.25) is 39.1 Å². The third kappa shape index (κ3) is 23.3. The fourth-order valence-corrected chi connectivity index (χ4v) is 16.8. The average Bonchev–Trinajstić information content (AvgIpc) is 0.815.